The van der Waals surface area contributed by atoms with E-state index in [-0.39, 0.29) is 11.8 Å². The topological polar surface area (TPSA) is 67.4 Å². The number of hydrogen-bond acceptors (Lipinski definition) is 3. The van der Waals surface area contributed by atoms with Gasteiger partial charge >= 0.3 is 0 Å². The Hall–Kier alpha value is -2.04. The Kier molecular flexibility index (Phi) is 4.98. The Morgan fingerprint density at radius 3 is 3.05 bits per heavy atom. The molecule has 1 atom stereocenters. The molecule has 0 spiro atoms. The molecule has 5 nitrogen and oxygen atoms in total. The maximum Gasteiger partial charge on any atom is 0.246 e. The zero-order valence-corrected chi connectivity index (χ0v) is 11.6. The zero-order valence-electron chi connectivity index (χ0n) is 11.6. The molecule has 1 saturated heterocycles. The molecule has 0 bridgehead atoms. The molecule has 1 fully saturated rings. The highest BCUT2D eigenvalue weighted by Gasteiger charge is 2.27. The van der Waals surface area contributed by atoms with Gasteiger partial charge in [-0.3, -0.25) is 9.59 Å². The van der Waals surface area contributed by atoms with E-state index in [9.17, 15) is 9.59 Å². The predicted molar refractivity (Wildman–Crippen MR) is 76.6 cm³/mol. The van der Waals surface area contributed by atoms with E-state index in [0.29, 0.717) is 25.1 Å². The third-order valence-electron chi connectivity index (χ3n) is 3.18. The fraction of sp³-hybridized carbons (Fsp3) is 0.467. The third-order valence-corrected chi connectivity index (χ3v) is 3.18. The summed E-state index contributed by atoms with van der Waals surface area (Å²) in [5, 5.41) is 5.45. The zero-order chi connectivity index (χ0) is 14.4. The highest BCUT2D eigenvalue weighted by atomic mass is 16.5. The van der Waals surface area contributed by atoms with E-state index in [1.807, 2.05) is 12.1 Å². The Bertz CT molecular complexity index is 488. The first-order valence-electron chi connectivity index (χ1n) is 7.02. The fourth-order valence-corrected chi connectivity index (χ4v) is 2.04. The number of hydrogen-bond donors (Lipinski definition) is 2. The summed E-state index contributed by atoms with van der Waals surface area (Å²) in [4.78, 5) is 23.1. The summed E-state index contributed by atoms with van der Waals surface area (Å²) >= 11 is 0. The molecule has 0 radical (unpaired) electrons. The van der Waals surface area contributed by atoms with E-state index in [4.69, 9.17) is 4.74 Å². The van der Waals surface area contributed by atoms with Crippen molar-refractivity contribution in [3.63, 3.8) is 0 Å². The van der Waals surface area contributed by atoms with E-state index in [1.54, 1.807) is 12.1 Å². The van der Waals surface area contributed by atoms with Gasteiger partial charge in [0.1, 0.15) is 11.8 Å². The van der Waals surface area contributed by atoms with Gasteiger partial charge in [-0.1, -0.05) is 19.4 Å². The normalized spacial score (nSPS) is 17.6. The second-order valence-corrected chi connectivity index (χ2v) is 4.88. The molecule has 20 heavy (non-hydrogen) atoms. The number of unbranched alkanes of at least 4 members (excludes halogenated alkanes) is 1. The predicted octanol–water partition coefficient (Wildman–Crippen LogP) is 2.08. The van der Waals surface area contributed by atoms with Crippen molar-refractivity contribution in [2.45, 2.75) is 38.6 Å². The Morgan fingerprint density at radius 1 is 1.50 bits per heavy atom. The lowest BCUT2D eigenvalue weighted by atomic mass is 10.2. The lowest BCUT2D eigenvalue weighted by molar-refractivity contribution is -0.122. The van der Waals surface area contributed by atoms with Crippen molar-refractivity contribution in [3.05, 3.63) is 24.3 Å². The number of ether oxygens (including phenoxy) is 1. The average Bonchev–Trinajstić information content (AvgIpc) is 2.86. The van der Waals surface area contributed by atoms with Gasteiger partial charge in [-0.25, -0.2) is 0 Å². The molecule has 1 aromatic carbocycles. The van der Waals surface area contributed by atoms with Gasteiger partial charge in [0.25, 0.3) is 0 Å². The smallest absolute Gasteiger partial charge is 0.246 e. The van der Waals surface area contributed by atoms with Crippen LogP contribution in [0.1, 0.15) is 32.6 Å². The van der Waals surface area contributed by atoms with Crippen LogP contribution in [-0.4, -0.2) is 24.5 Å². The van der Waals surface area contributed by atoms with Gasteiger partial charge in [0.15, 0.2) is 0 Å². The minimum absolute atomic E-state index is 0.0678. The quantitative estimate of drug-likeness (QED) is 0.782. The molecule has 0 aromatic heterocycles. The highest BCUT2D eigenvalue weighted by molar-refractivity contribution is 5.99. The minimum atomic E-state index is -0.424. The van der Waals surface area contributed by atoms with Crippen molar-refractivity contribution in [1.29, 1.82) is 0 Å². The molecule has 2 amide bonds. The van der Waals surface area contributed by atoms with Crippen LogP contribution in [0.4, 0.5) is 5.69 Å². The van der Waals surface area contributed by atoms with Crippen molar-refractivity contribution in [2.24, 2.45) is 0 Å². The standard InChI is InChI=1S/C15H20N2O3/c1-2-3-9-20-12-6-4-5-11(10-12)16-15(19)13-7-8-14(18)17-13/h4-6,10,13H,2-3,7-9H2,1H3,(H,16,19)(H,17,18)/t13-/m1/s1. The summed E-state index contributed by atoms with van der Waals surface area (Å²) in [5.74, 6) is 0.495. The number of benzene rings is 1. The summed E-state index contributed by atoms with van der Waals surface area (Å²) in [5.41, 5.74) is 0.685. The van der Waals surface area contributed by atoms with Crippen molar-refractivity contribution in [1.82, 2.24) is 5.32 Å². The highest BCUT2D eigenvalue weighted by Crippen LogP contribution is 2.18. The summed E-state index contributed by atoms with van der Waals surface area (Å²) in [6, 6.07) is 6.88. The van der Waals surface area contributed by atoms with Crippen molar-refractivity contribution in [2.75, 3.05) is 11.9 Å². The second-order valence-electron chi connectivity index (χ2n) is 4.88. The SMILES string of the molecule is CCCCOc1cccc(NC(=O)[C@H]2CCC(=O)N2)c1. The maximum absolute atomic E-state index is 12.0. The molecule has 1 aliphatic rings. The fourth-order valence-electron chi connectivity index (χ4n) is 2.04. The van der Waals surface area contributed by atoms with Crippen LogP contribution in [0.25, 0.3) is 0 Å². The van der Waals surface area contributed by atoms with Gasteiger partial charge in [0.2, 0.25) is 11.8 Å². The van der Waals surface area contributed by atoms with E-state index < -0.39 is 6.04 Å². The number of nitrogens with one attached hydrogen (secondary N) is 2. The molecule has 1 aromatic rings. The lowest BCUT2D eigenvalue weighted by Gasteiger charge is -2.12. The molecule has 2 N–H and O–H groups in total. The van der Waals surface area contributed by atoms with E-state index in [2.05, 4.69) is 17.6 Å². The minimum Gasteiger partial charge on any atom is -0.494 e. The van der Waals surface area contributed by atoms with Crippen LogP contribution in [0.5, 0.6) is 5.75 Å². The molecule has 1 aliphatic heterocycles. The molecule has 1 heterocycles. The first kappa shape index (κ1) is 14.4. The first-order chi connectivity index (χ1) is 9.69. The number of anilines is 1. The number of carbonyl (C=O) groups excluding carboxylic acids is 2. The average molecular weight is 276 g/mol. The van der Waals surface area contributed by atoms with E-state index in [0.717, 1.165) is 18.6 Å². The molecule has 0 unspecified atom stereocenters. The molecule has 0 saturated carbocycles. The maximum atomic E-state index is 12.0. The molecule has 2 rings (SSSR count). The third kappa shape index (κ3) is 3.98. The summed E-state index contributed by atoms with van der Waals surface area (Å²) in [6.07, 6.45) is 3.05. The van der Waals surface area contributed by atoms with E-state index >= 15 is 0 Å². The van der Waals surface area contributed by atoms with Crippen LogP contribution >= 0.6 is 0 Å². The van der Waals surface area contributed by atoms with E-state index in [1.165, 1.54) is 0 Å². The first-order valence-corrected chi connectivity index (χ1v) is 7.02. The van der Waals surface area contributed by atoms with Crippen LogP contribution < -0.4 is 15.4 Å². The van der Waals surface area contributed by atoms with Gasteiger partial charge in [-0.05, 0) is 25.0 Å². The molecular weight excluding hydrogens is 256 g/mol. The van der Waals surface area contributed by atoms with Crippen molar-refractivity contribution in [3.8, 4) is 5.75 Å². The van der Waals surface area contributed by atoms with Crippen molar-refractivity contribution < 1.29 is 14.3 Å². The van der Waals surface area contributed by atoms with Gasteiger partial charge < -0.3 is 15.4 Å². The summed E-state index contributed by atoms with van der Waals surface area (Å²) in [7, 11) is 0. The summed E-state index contributed by atoms with van der Waals surface area (Å²) < 4.78 is 5.59. The van der Waals surface area contributed by atoms with Gasteiger partial charge in [0, 0.05) is 18.2 Å². The van der Waals surface area contributed by atoms with Crippen molar-refractivity contribution >= 4 is 17.5 Å². The van der Waals surface area contributed by atoms with Crippen LogP contribution in [0.15, 0.2) is 24.3 Å². The largest absolute Gasteiger partial charge is 0.494 e. The van der Waals surface area contributed by atoms with Gasteiger partial charge in [0.05, 0.1) is 6.61 Å². The van der Waals surface area contributed by atoms with Crippen LogP contribution in [0, 0.1) is 0 Å². The monoisotopic (exact) mass is 276 g/mol. The lowest BCUT2D eigenvalue weighted by Crippen LogP contribution is -2.37. The molecule has 108 valence electrons. The molecular formula is C15H20N2O3. The van der Waals surface area contributed by atoms with Crippen LogP contribution in [0.3, 0.4) is 0 Å². The molecule has 5 heteroatoms. The summed E-state index contributed by atoms with van der Waals surface area (Å²) in [6.45, 7) is 2.78. The Labute approximate surface area is 118 Å². The van der Waals surface area contributed by atoms with Gasteiger partial charge in [-0.2, -0.15) is 0 Å². The number of rotatable bonds is 6. The van der Waals surface area contributed by atoms with Crippen LogP contribution in [-0.2, 0) is 9.59 Å². The Balaban J connectivity index is 1.90. The second kappa shape index (κ2) is 6.93. The molecule has 0 aliphatic carbocycles. The number of carbonyl (C=O) groups is 2. The van der Waals surface area contributed by atoms with Crippen LogP contribution in [0.2, 0.25) is 0 Å². The number of amides is 2. The van der Waals surface area contributed by atoms with Gasteiger partial charge in [-0.15, -0.1) is 0 Å². The Morgan fingerprint density at radius 2 is 2.35 bits per heavy atom.